The molecule has 212 valence electrons. The number of nitrogens with one attached hydrogen (secondary N) is 1. The minimum Gasteiger partial charge on any atom is -0.492 e. The number of ether oxygens (including phenoxy) is 1. The Bertz CT molecular complexity index is 1310. The zero-order valence-corrected chi connectivity index (χ0v) is 24.8. The van der Waals surface area contributed by atoms with Gasteiger partial charge in [0.25, 0.3) is 5.91 Å². The topological polar surface area (TPSA) is 67.3 Å². The number of carbonyl (C=O) groups excluding carboxylic acids is 1. The predicted molar refractivity (Wildman–Crippen MR) is 162 cm³/mol. The first-order valence-electron chi connectivity index (χ1n) is 14.3. The molecule has 8 heteroatoms. The maximum Gasteiger partial charge on any atom is 0.270 e. The lowest BCUT2D eigenvalue weighted by molar-refractivity contribution is -0.0120. The maximum atomic E-state index is 13.6. The van der Waals surface area contributed by atoms with E-state index in [1.807, 2.05) is 62.6 Å². The highest BCUT2D eigenvalue weighted by atomic mass is 35.5. The van der Waals surface area contributed by atoms with Crippen LogP contribution in [0.2, 0.25) is 5.02 Å². The van der Waals surface area contributed by atoms with Crippen LogP contribution in [0.25, 0.3) is 22.5 Å². The number of hydrogen-bond donors (Lipinski definition) is 1. The molecule has 7 rings (SSSR count). The van der Waals surface area contributed by atoms with E-state index in [9.17, 15) is 4.79 Å². The van der Waals surface area contributed by atoms with Crippen LogP contribution in [-0.4, -0.2) is 54.1 Å². The summed E-state index contributed by atoms with van der Waals surface area (Å²) in [5.41, 5.74) is 3.63. The van der Waals surface area contributed by atoms with Gasteiger partial charge in [0.1, 0.15) is 11.4 Å². The molecule has 1 amide bonds. The second-order valence-corrected chi connectivity index (χ2v) is 12.3. The first-order valence-corrected chi connectivity index (χ1v) is 14.6. The maximum absolute atomic E-state index is 13.6. The van der Waals surface area contributed by atoms with Crippen molar-refractivity contribution in [3.63, 3.8) is 0 Å². The molecule has 2 heterocycles. The quantitative estimate of drug-likeness (QED) is 0.283. The van der Waals surface area contributed by atoms with Gasteiger partial charge in [-0.25, -0.2) is 4.98 Å². The molecule has 6 nitrogen and oxygen atoms in total. The van der Waals surface area contributed by atoms with Gasteiger partial charge in [-0.1, -0.05) is 23.7 Å². The van der Waals surface area contributed by atoms with Crippen molar-refractivity contribution in [3.05, 3.63) is 65.4 Å². The molecule has 0 unspecified atom stereocenters. The lowest BCUT2D eigenvalue weighted by atomic mass is 9.54. The molecule has 0 atom stereocenters. The number of rotatable bonds is 9. The van der Waals surface area contributed by atoms with Gasteiger partial charge in [-0.2, -0.15) is 0 Å². The van der Waals surface area contributed by atoms with Crippen molar-refractivity contribution in [2.75, 3.05) is 27.2 Å². The number of benzene rings is 1. The summed E-state index contributed by atoms with van der Waals surface area (Å²) in [5, 5.41) is 3.97. The van der Waals surface area contributed by atoms with Crippen LogP contribution in [0.4, 0.5) is 0 Å². The summed E-state index contributed by atoms with van der Waals surface area (Å²) in [4.78, 5) is 25.2. The highest BCUT2D eigenvalue weighted by molar-refractivity contribution is 6.32. The third-order valence-corrected chi connectivity index (χ3v) is 9.12. The Morgan fingerprint density at radius 1 is 1.02 bits per heavy atom. The SMILES string of the molecule is CN(C)CCCOc1cc(-c2nc(C(=O)NC3C4CC5CC(C4)CC3C5)ccc2-c2ccccn2)ccc1Cl.Cl. The van der Waals surface area contributed by atoms with Crippen LogP contribution in [0, 0.1) is 23.7 Å². The Hall–Kier alpha value is -2.67. The largest absolute Gasteiger partial charge is 0.492 e. The number of hydrogen-bond acceptors (Lipinski definition) is 5. The van der Waals surface area contributed by atoms with Crippen LogP contribution in [0.3, 0.4) is 0 Å². The molecule has 1 aromatic carbocycles. The lowest BCUT2D eigenvalue weighted by Gasteiger charge is -2.54. The molecule has 40 heavy (non-hydrogen) atoms. The third kappa shape index (κ3) is 6.14. The van der Waals surface area contributed by atoms with Crippen molar-refractivity contribution in [1.29, 1.82) is 0 Å². The van der Waals surface area contributed by atoms with Crippen molar-refractivity contribution >= 4 is 29.9 Å². The molecule has 4 aliphatic rings. The van der Waals surface area contributed by atoms with Crippen LogP contribution in [0.5, 0.6) is 5.75 Å². The monoisotopic (exact) mass is 580 g/mol. The number of pyridine rings is 2. The van der Waals surface area contributed by atoms with E-state index >= 15 is 0 Å². The minimum atomic E-state index is -0.0876. The Kier molecular flexibility index (Phi) is 8.98. The lowest BCUT2D eigenvalue weighted by Crippen LogP contribution is -2.55. The van der Waals surface area contributed by atoms with Gasteiger partial charge >= 0.3 is 0 Å². The van der Waals surface area contributed by atoms with Crippen molar-refractivity contribution in [3.8, 4) is 28.3 Å². The van der Waals surface area contributed by atoms with Crippen LogP contribution in [0.1, 0.15) is 49.0 Å². The van der Waals surface area contributed by atoms with E-state index in [4.69, 9.17) is 21.3 Å². The van der Waals surface area contributed by atoms with E-state index in [1.54, 1.807) is 6.20 Å². The van der Waals surface area contributed by atoms with Gasteiger partial charge in [0.2, 0.25) is 0 Å². The number of halogens is 2. The standard InChI is InChI=1S/C32H37ClN4O2.ClH/c1-37(2)12-5-13-39-29-19-22(7-9-26(29)33)31-25(27-6-3-4-11-34-27)8-10-28(35-31)32(38)36-30-23-15-20-14-21(17-23)18-24(30)16-20;/h3-4,6-11,19-21,23-24,30H,5,12-18H2,1-2H3,(H,36,38);1H. The van der Waals surface area contributed by atoms with E-state index in [-0.39, 0.29) is 24.4 Å². The van der Waals surface area contributed by atoms with Gasteiger partial charge in [0, 0.05) is 29.9 Å². The Labute approximate surface area is 248 Å². The van der Waals surface area contributed by atoms with Gasteiger partial charge < -0.3 is 15.0 Å². The smallest absolute Gasteiger partial charge is 0.270 e. The fourth-order valence-electron chi connectivity index (χ4n) is 7.24. The van der Waals surface area contributed by atoms with E-state index in [1.165, 1.54) is 32.1 Å². The summed E-state index contributed by atoms with van der Waals surface area (Å²) in [6.45, 7) is 1.50. The van der Waals surface area contributed by atoms with Gasteiger partial charge in [0.05, 0.1) is 23.0 Å². The number of amides is 1. The second kappa shape index (κ2) is 12.5. The molecule has 0 aliphatic heterocycles. The molecule has 0 saturated heterocycles. The Morgan fingerprint density at radius 3 is 2.45 bits per heavy atom. The van der Waals surface area contributed by atoms with Gasteiger partial charge in [-0.15, -0.1) is 12.4 Å². The average molecular weight is 582 g/mol. The highest BCUT2D eigenvalue weighted by Crippen LogP contribution is 2.53. The van der Waals surface area contributed by atoms with E-state index in [0.29, 0.717) is 40.6 Å². The zero-order valence-electron chi connectivity index (χ0n) is 23.2. The van der Waals surface area contributed by atoms with Gasteiger partial charge in [-0.05, 0) is 113 Å². The van der Waals surface area contributed by atoms with Crippen molar-refractivity contribution in [2.24, 2.45) is 23.7 Å². The van der Waals surface area contributed by atoms with Crippen molar-refractivity contribution in [1.82, 2.24) is 20.2 Å². The van der Waals surface area contributed by atoms with Crippen molar-refractivity contribution < 1.29 is 9.53 Å². The predicted octanol–water partition coefficient (Wildman–Crippen LogP) is 6.77. The Morgan fingerprint density at radius 2 is 1.77 bits per heavy atom. The average Bonchev–Trinajstić information content (AvgIpc) is 2.93. The molecule has 4 fully saturated rings. The fraction of sp³-hybridized carbons (Fsp3) is 0.469. The fourth-order valence-corrected chi connectivity index (χ4v) is 7.42. The molecule has 0 radical (unpaired) electrons. The van der Waals surface area contributed by atoms with Crippen LogP contribution in [-0.2, 0) is 0 Å². The minimum absolute atomic E-state index is 0. The third-order valence-electron chi connectivity index (χ3n) is 8.81. The van der Waals surface area contributed by atoms with Crippen LogP contribution >= 0.6 is 24.0 Å². The van der Waals surface area contributed by atoms with Crippen LogP contribution < -0.4 is 10.1 Å². The first kappa shape index (κ1) is 28.8. The van der Waals surface area contributed by atoms with Crippen LogP contribution in [0.15, 0.2) is 54.7 Å². The second-order valence-electron chi connectivity index (χ2n) is 11.9. The number of nitrogens with zero attached hydrogens (tertiary/aromatic N) is 3. The van der Waals surface area contributed by atoms with E-state index < -0.39 is 0 Å². The normalized spacial score (nSPS) is 24.6. The highest BCUT2D eigenvalue weighted by Gasteiger charge is 2.48. The summed E-state index contributed by atoms with van der Waals surface area (Å²) in [5.74, 6) is 3.49. The Balaban J connectivity index is 0.00000323. The van der Waals surface area contributed by atoms with Gasteiger partial charge in [-0.3, -0.25) is 9.78 Å². The summed E-state index contributed by atoms with van der Waals surface area (Å²) >= 11 is 6.50. The van der Waals surface area contributed by atoms with E-state index in [2.05, 4.69) is 15.2 Å². The molecule has 4 aliphatic carbocycles. The molecular formula is C32H38Cl2N4O2. The summed E-state index contributed by atoms with van der Waals surface area (Å²) in [7, 11) is 4.09. The molecule has 2 aromatic heterocycles. The van der Waals surface area contributed by atoms with Gasteiger partial charge in [0.15, 0.2) is 0 Å². The number of carbonyl (C=O) groups is 1. The molecular weight excluding hydrogens is 543 g/mol. The summed E-state index contributed by atoms with van der Waals surface area (Å²) in [6, 6.07) is 15.6. The first-order chi connectivity index (χ1) is 18.9. The summed E-state index contributed by atoms with van der Waals surface area (Å²) < 4.78 is 6.05. The molecule has 3 aromatic rings. The molecule has 4 saturated carbocycles. The molecule has 1 N–H and O–H groups in total. The molecule has 4 bridgehead atoms. The summed E-state index contributed by atoms with van der Waals surface area (Å²) in [6.07, 6.45) is 9.11. The zero-order chi connectivity index (χ0) is 26.9. The van der Waals surface area contributed by atoms with Crippen molar-refractivity contribution in [2.45, 2.75) is 44.6 Å². The van der Waals surface area contributed by atoms with E-state index in [0.717, 1.165) is 41.6 Å². The number of aromatic nitrogens is 2. The molecule has 0 spiro atoms.